The summed E-state index contributed by atoms with van der Waals surface area (Å²) in [5.74, 6) is 0.492. The molecule has 2 N–H and O–H groups in total. The summed E-state index contributed by atoms with van der Waals surface area (Å²) in [5, 5.41) is 13.3. The van der Waals surface area contributed by atoms with E-state index in [4.69, 9.17) is 26.4 Å². The molecule has 1 amide bonds. The molecular weight excluding hydrogens is 526 g/mol. The number of aliphatic carboxylic acids is 1. The Morgan fingerprint density at radius 3 is 2.52 bits per heavy atom. The SMILES string of the molecule is COc1ccccc1C1CCN(C(=O)c2ccc3c(c2)N=C(CCCCC(=O)O)C(c2ccc(Cl)cc2)N3)CC1. The zero-order chi connectivity index (χ0) is 28.1. The molecular formula is C32H34ClN3O4. The van der Waals surface area contributed by atoms with Gasteiger partial charge in [0.2, 0.25) is 0 Å². The molecule has 0 bridgehead atoms. The van der Waals surface area contributed by atoms with Gasteiger partial charge in [-0.25, -0.2) is 0 Å². The van der Waals surface area contributed by atoms with Gasteiger partial charge in [0.25, 0.3) is 5.91 Å². The quantitative estimate of drug-likeness (QED) is 0.269. The summed E-state index contributed by atoms with van der Waals surface area (Å²) in [4.78, 5) is 31.4. The zero-order valence-corrected chi connectivity index (χ0v) is 23.4. The number of carbonyl (C=O) groups is 2. The highest BCUT2D eigenvalue weighted by atomic mass is 35.5. The summed E-state index contributed by atoms with van der Waals surface area (Å²) in [5.41, 5.74) is 5.37. The summed E-state index contributed by atoms with van der Waals surface area (Å²) < 4.78 is 5.56. The van der Waals surface area contributed by atoms with Crippen LogP contribution in [0.2, 0.25) is 5.02 Å². The van der Waals surface area contributed by atoms with Gasteiger partial charge in [0, 0.05) is 35.8 Å². The van der Waals surface area contributed by atoms with Crippen molar-refractivity contribution in [1.29, 1.82) is 0 Å². The van der Waals surface area contributed by atoms with Crippen LogP contribution >= 0.6 is 11.6 Å². The number of amides is 1. The van der Waals surface area contributed by atoms with Crippen LogP contribution in [0.15, 0.2) is 71.7 Å². The molecule has 0 spiro atoms. The Kier molecular flexibility index (Phi) is 8.70. The maximum absolute atomic E-state index is 13.5. The van der Waals surface area contributed by atoms with Gasteiger partial charge in [0.05, 0.1) is 24.5 Å². The van der Waals surface area contributed by atoms with Crippen molar-refractivity contribution in [2.45, 2.75) is 50.5 Å². The van der Waals surface area contributed by atoms with Crippen LogP contribution in [0.3, 0.4) is 0 Å². The number of hydrogen-bond donors (Lipinski definition) is 2. The highest BCUT2D eigenvalue weighted by Gasteiger charge is 2.28. The van der Waals surface area contributed by atoms with Crippen molar-refractivity contribution in [2.75, 3.05) is 25.5 Å². The lowest BCUT2D eigenvalue weighted by molar-refractivity contribution is -0.137. The van der Waals surface area contributed by atoms with E-state index >= 15 is 0 Å². The van der Waals surface area contributed by atoms with E-state index in [2.05, 4.69) is 11.4 Å². The van der Waals surface area contributed by atoms with Crippen LogP contribution in [0, 0.1) is 0 Å². The molecule has 40 heavy (non-hydrogen) atoms. The molecule has 0 aliphatic carbocycles. The number of carbonyl (C=O) groups excluding carboxylic acids is 1. The second kappa shape index (κ2) is 12.6. The van der Waals surface area contributed by atoms with Gasteiger partial charge < -0.3 is 20.1 Å². The number of ether oxygens (including phenoxy) is 1. The number of benzene rings is 3. The monoisotopic (exact) mass is 559 g/mol. The number of unbranched alkanes of at least 4 members (excludes halogenated alkanes) is 1. The molecule has 1 saturated heterocycles. The van der Waals surface area contributed by atoms with Gasteiger partial charge in [0.15, 0.2) is 0 Å². The topological polar surface area (TPSA) is 91.2 Å². The Morgan fingerprint density at radius 1 is 1.05 bits per heavy atom. The molecule has 2 heterocycles. The molecule has 7 nitrogen and oxygen atoms in total. The number of piperidine rings is 1. The first kappa shape index (κ1) is 27.7. The van der Waals surface area contributed by atoms with Gasteiger partial charge in [0.1, 0.15) is 5.75 Å². The van der Waals surface area contributed by atoms with Crippen molar-refractivity contribution in [3.8, 4) is 5.75 Å². The van der Waals surface area contributed by atoms with Crippen molar-refractivity contribution in [2.24, 2.45) is 4.99 Å². The Hall–Kier alpha value is -3.84. The molecule has 208 valence electrons. The summed E-state index contributed by atoms with van der Waals surface area (Å²) >= 11 is 6.12. The standard InChI is InChI=1S/C32H34ClN3O4/c1-40-29-8-4-2-6-25(29)21-16-18-36(19-17-21)32(39)23-12-15-26-28(20-23)34-27(7-3-5-9-30(37)38)31(35-26)22-10-13-24(33)14-11-22/h2,4,6,8,10-15,20-21,31,35H,3,5,7,9,16-19H2,1H3,(H,37,38). The van der Waals surface area contributed by atoms with Crippen molar-refractivity contribution in [1.82, 2.24) is 4.90 Å². The number of anilines is 1. The number of nitrogens with zero attached hydrogens (tertiary/aromatic N) is 2. The molecule has 3 aromatic rings. The molecule has 3 aromatic carbocycles. The van der Waals surface area contributed by atoms with E-state index in [1.165, 1.54) is 5.56 Å². The minimum absolute atomic E-state index is 0.0132. The van der Waals surface area contributed by atoms with Crippen molar-refractivity contribution >= 4 is 40.6 Å². The van der Waals surface area contributed by atoms with Crippen LogP contribution in [0.5, 0.6) is 5.75 Å². The minimum atomic E-state index is -0.793. The summed E-state index contributed by atoms with van der Waals surface area (Å²) in [6, 6.07) is 21.3. The second-order valence-electron chi connectivity index (χ2n) is 10.4. The molecule has 2 aliphatic rings. The maximum Gasteiger partial charge on any atom is 0.303 e. The van der Waals surface area contributed by atoms with Crippen molar-refractivity contribution in [3.63, 3.8) is 0 Å². The molecule has 0 aromatic heterocycles. The second-order valence-corrected chi connectivity index (χ2v) is 10.8. The molecule has 8 heteroatoms. The first-order valence-electron chi connectivity index (χ1n) is 13.8. The van der Waals surface area contributed by atoms with Gasteiger partial charge in [-0.2, -0.15) is 0 Å². The normalized spacial score (nSPS) is 17.0. The van der Waals surface area contributed by atoms with E-state index in [1.54, 1.807) is 7.11 Å². The van der Waals surface area contributed by atoms with E-state index in [1.807, 2.05) is 65.6 Å². The number of carboxylic acid groups (broad SMARTS) is 1. The van der Waals surface area contributed by atoms with E-state index in [9.17, 15) is 9.59 Å². The lowest BCUT2D eigenvalue weighted by Gasteiger charge is -2.33. The fourth-order valence-electron chi connectivity index (χ4n) is 5.63. The summed E-state index contributed by atoms with van der Waals surface area (Å²) in [6.45, 7) is 1.38. The van der Waals surface area contributed by atoms with E-state index < -0.39 is 5.97 Å². The zero-order valence-electron chi connectivity index (χ0n) is 22.6. The van der Waals surface area contributed by atoms with Crippen molar-refractivity contribution in [3.05, 3.63) is 88.4 Å². The number of fused-ring (bicyclic) bond motifs is 1. The average molecular weight is 560 g/mol. The predicted molar refractivity (Wildman–Crippen MR) is 158 cm³/mol. The van der Waals surface area contributed by atoms with Crippen LogP contribution in [0.25, 0.3) is 0 Å². The van der Waals surface area contributed by atoms with Crippen molar-refractivity contribution < 1.29 is 19.4 Å². The third-order valence-corrected chi connectivity index (χ3v) is 8.03. The van der Waals surface area contributed by atoms with Gasteiger partial charge in [-0.05, 0) is 85.5 Å². The number of halogens is 1. The van der Waals surface area contributed by atoms with Crippen LogP contribution in [-0.4, -0.2) is 47.8 Å². The Balaban J connectivity index is 1.32. The number of methoxy groups -OCH3 is 1. The number of carboxylic acids is 1. The largest absolute Gasteiger partial charge is 0.496 e. The summed E-state index contributed by atoms with van der Waals surface area (Å²) in [7, 11) is 1.70. The highest BCUT2D eigenvalue weighted by Crippen LogP contribution is 2.38. The number of likely N-dealkylation sites (tertiary alicyclic amines) is 1. The molecule has 1 unspecified atom stereocenters. The van der Waals surface area contributed by atoms with Crippen LogP contribution in [-0.2, 0) is 4.79 Å². The summed E-state index contributed by atoms with van der Waals surface area (Å²) in [6.07, 6.45) is 3.86. The lowest BCUT2D eigenvalue weighted by Crippen LogP contribution is -2.38. The molecule has 5 rings (SSSR count). The minimum Gasteiger partial charge on any atom is -0.496 e. The number of rotatable bonds is 9. The fraction of sp³-hybridized carbons (Fsp3) is 0.344. The maximum atomic E-state index is 13.5. The number of aliphatic imine (C=N–C) groups is 1. The Morgan fingerprint density at radius 2 is 1.80 bits per heavy atom. The third kappa shape index (κ3) is 6.31. The van der Waals surface area contributed by atoms with Crippen LogP contribution in [0.1, 0.15) is 72.0 Å². The molecule has 1 atom stereocenters. The van der Waals surface area contributed by atoms with Crippen LogP contribution < -0.4 is 10.1 Å². The van der Waals surface area contributed by atoms with Crippen LogP contribution in [0.4, 0.5) is 11.4 Å². The van der Waals surface area contributed by atoms with Gasteiger partial charge >= 0.3 is 5.97 Å². The smallest absolute Gasteiger partial charge is 0.303 e. The molecule has 0 saturated carbocycles. The van der Waals surface area contributed by atoms with Gasteiger partial charge in [-0.15, -0.1) is 0 Å². The van der Waals surface area contributed by atoms with E-state index in [-0.39, 0.29) is 18.4 Å². The van der Waals surface area contributed by atoms with E-state index in [0.29, 0.717) is 48.9 Å². The van der Waals surface area contributed by atoms with Gasteiger partial charge in [-0.3, -0.25) is 14.6 Å². The molecule has 1 fully saturated rings. The third-order valence-electron chi connectivity index (χ3n) is 7.78. The fourth-order valence-corrected chi connectivity index (χ4v) is 5.76. The predicted octanol–water partition coefficient (Wildman–Crippen LogP) is 7.25. The number of hydrogen-bond acceptors (Lipinski definition) is 5. The first-order valence-corrected chi connectivity index (χ1v) is 14.2. The van der Waals surface area contributed by atoms with E-state index in [0.717, 1.165) is 41.2 Å². The number of nitrogens with one attached hydrogen (secondary N) is 1. The molecule has 2 aliphatic heterocycles. The lowest BCUT2D eigenvalue weighted by atomic mass is 9.88. The number of para-hydroxylation sites is 1. The molecule has 0 radical (unpaired) electrons. The Bertz CT molecular complexity index is 1400. The highest BCUT2D eigenvalue weighted by molar-refractivity contribution is 6.30. The first-order chi connectivity index (χ1) is 19.4. The van der Waals surface area contributed by atoms with Gasteiger partial charge in [-0.1, -0.05) is 41.9 Å². The average Bonchev–Trinajstić information content (AvgIpc) is 2.98. The Labute approximate surface area is 239 Å².